The lowest BCUT2D eigenvalue weighted by atomic mass is 9.46. The monoisotopic (exact) mass is 428 g/mol. The normalized spacial score (nSPS) is 58.4. The number of aliphatic hydroxyl groups is 1. The Kier molecular flexibility index (Phi) is 4.49. The van der Waals surface area contributed by atoms with Crippen LogP contribution in [0.4, 0.5) is 0 Å². The number of ketones is 1. The molecule has 4 aliphatic carbocycles. The van der Waals surface area contributed by atoms with E-state index in [1.807, 2.05) is 0 Å². The minimum atomic E-state index is -0.808. The van der Waals surface area contributed by atoms with Crippen molar-refractivity contribution in [2.75, 3.05) is 6.61 Å². The summed E-state index contributed by atoms with van der Waals surface area (Å²) in [6.45, 7) is 10.4. The molecule has 4 nitrogen and oxygen atoms in total. The largest absolute Gasteiger partial charge is 0.385 e. The zero-order valence-corrected chi connectivity index (χ0v) is 19.7. The fourth-order valence-electron chi connectivity index (χ4n) is 9.63. The van der Waals surface area contributed by atoms with Crippen LogP contribution >= 0.6 is 0 Å². The molecule has 2 aliphatic heterocycles. The number of allylic oxidation sites excluding steroid dienone is 1. The third kappa shape index (κ3) is 2.68. The van der Waals surface area contributed by atoms with Crippen molar-refractivity contribution in [2.24, 2.45) is 46.3 Å². The van der Waals surface area contributed by atoms with Gasteiger partial charge in [-0.15, -0.1) is 0 Å². The second-order valence-corrected chi connectivity index (χ2v) is 12.6. The molecular formula is C27H40O4. The van der Waals surface area contributed by atoms with Gasteiger partial charge in [-0.05, 0) is 91.4 Å². The first kappa shape index (κ1) is 20.9. The average molecular weight is 429 g/mol. The Morgan fingerprint density at radius 1 is 1.10 bits per heavy atom. The van der Waals surface area contributed by atoms with Crippen LogP contribution < -0.4 is 0 Å². The second kappa shape index (κ2) is 6.67. The predicted octanol–water partition coefficient (Wildman–Crippen LogP) is 4.89. The number of fused-ring (bicyclic) bond motifs is 7. The molecule has 11 atom stereocenters. The molecule has 2 heterocycles. The number of ether oxygens (including phenoxy) is 2. The highest BCUT2D eigenvalue weighted by Crippen LogP contribution is 2.70. The highest BCUT2D eigenvalue weighted by atomic mass is 16.7. The van der Waals surface area contributed by atoms with Crippen LogP contribution in [0.1, 0.15) is 79.1 Å². The summed E-state index contributed by atoms with van der Waals surface area (Å²) in [5, 5.41) is 10.4. The van der Waals surface area contributed by atoms with E-state index < -0.39 is 6.10 Å². The summed E-state index contributed by atoms with van der Waals surface area (Å²) in [5.74, 6) is 3.25. The molecule has 31 heavy (non-hydrogen) atoms. The Hall–Kier alpha value is -0.710. The van der Waals surface area contributed by atoms with Gasteiger partial charge in [0.25, 0.3) is 0 Å². The number of hydrogen-bond acceptors (Lipinski definition) is 4. The molecule has 11 unspecified atom stereocenters. The van der Waals surface area contributed by atoms with Crippen LogP contribution in [0.5, 0.6) is 0 Å². The summed E-state index contributed by atoms with van der Waals surface area (Å²) in [6, 6.07) is 0. The summed E-state index contributed by atoms with van der Waals surface area (Å²) in [4.78, 5) is 12.2. The maximum atomic E-state index is 12.2. The Bertz CT molecular complexity index is 810. The Morgan fingerprint density at radius 2 is 1.90 bits per heavy atom. The molecule has 6 aliphatic rings. The number of hydrogen-bond donors (Lipinski definition) is 1. The minimum Gasteiger partial charge on any atom is -0.385 e. The molecule has 6 rings (SSSR count). The third-order valence-electron chi connectivity index (χ3n) is 11.3. The van der Waals surface area contributed by atoms with E-state index >= 15 is 0 Å². The van der Waals surface area contributed by atoms with Crippen molar-refractivity contribution < 1.29 is 19.4 Å². The standard InChI is InChI=1S/C27H40O4/c1-15-7-10-27(30-14-15)16(2)24-23(31-27)12-20-18-6-5-17-11-21(28)22(29)13-26(17,4)19(18)8-9-25(20,24)3/h11,15-16,18-20,22-24,29H,5-10,12-14H2,1-4H3. The van der Waals surface area contributed by atoms with Crippen molar-refractivity contribution in [2.45, 2.75) is 97.1 Å². The van der Waals surface area contributed by atoms with Gasteiger partial charge in [0.15, 0.2) is 11.6 Å². The van der Waals surface area contributed by atoms with Gasteiger partial charge < -0.3 is 14.6 Å². The van der Waals surface area contributed by atoms with Crippen molar-refractivity contribution >= 4 is 5.78 Å². The van der Waals surface area contributed by atoms with E-state index in [2.05, 4.69) is 27.7 Å². The van der Waals surface area contributed by atoms with E-state index in [-0.39, 0.29) is 17.0 Å². The van der Waals surface area contributed by atoms with Crippen molar-refractivity contribution in [1.29, 1.82) is 0 Å². The first-order valence-electron chi connectivity index (χ1n) is 12.9. The van der Waals surface area contributed by atoms with E-state index in [0.717, 1.165) is 19.4 Å². The lowest BCUT2D eigenvalue weighted by Crippen LogP contribution is -2.53. The fraction of sp³-hybridized carbons (Fsp3) is 0.889. The highest BCUT2D eigenvalue weighted by Gasteiger charge is 2.68. The maximum absolute atomic E-state index is 12.2. The van der Waals surface area contributed by atoms with Crippen molar-refractivity contribution in [3.05, 3.63) is 11.6 Å². The van der Waals surface area contributed by atoms with Gasteiger partial charge in [0.2, 0.25) is 0 Å². The molecular weight excluding hydrogens is 388 g/mol. The average Bonchev–Trinajstić information content (AvgIpc) is 3.16. The third-order valence-corrected chi connectivity index (χ3v) is 11.3. The molecule has 5 fully saturated rings. The van der Waals surface area contributed by atoms with E-state index in [1.54, 1.807) is 6.08 Å². The van der Waals surface area contributed by atoms with Crippen molar-refractivity contribution in [1.82, 2.24) is 0 Å². The van der Waals surface area contributed by atoms with E-state index in [1.165, 1.54) is 37.7 Å². The van der Waals surface area contributed by atoms with Crippen LogP contribution in [0.15, 0.2) is 11.6 Å². The smallest absolute Gasteiger partial charge is 0.184 e. The minimum absolute atomic E-state index is 0.00834. The first-order chi connectivity index (χ1) is 14.7. The van der Waals surface area contributed by atoms with E-state index in [9.17, 15) is 9.90 Å². The molecule has 4 heteroatoms. The zero-order chi connectivity index (χ0) is 21.8. The molecule has 172 valence electrons. The lowest BCUT2D eigenvalue weighted by molar-refractivity contribution is -0.272. The van der Waals surface area contributed by atoms with Gasteiger partial charge in [-0.1, -0.05) is 33.3 Å². The molecule has 2 saturated heterocycles. The quantitative estimate of drug-likeness (QED) is 0.597. The number of rotatable bonds is 0. The van der Waals surface area contributed by atoms with E-state index in [0.29, 0.717) is 53.4 Å². The van der Waals surface area contributed by atoms with Crippen molar-refractivity contribution in [3.8, 4) is 0 Å². The Labute approximate surface area is 187 Å². The van der Waals surface area contributed by atoms with Crippen LogP contribution in [-0.4, -0.2) is 35.5 Å². The molecule has 0 amide bonds. The topological polar surface area (TPSA) is 55.8 Å². The van der Waals surface area contributed by atoms with Gasteiger partial charge >= 0.3 is 0 Å². The lowest BCUT2D eigenvalue weighted by Gasteiger charge is -2.59. The molecule has 3 saturated carbocycles. The van der Waals surface area contributed by atoms with Crippen LogP contribution in [0.2, 0.25) is 0 Å². The van der Waals surface area contributed by atoms with Gasteiger partial charge in [-0.3, -0.25) is 4.79 Å². The maximum Gasteiger partial charge on any atom is 0.184 e. The molecule has 0 aromatic carbocycles. The molecule has 0 bridgehead atoms. The number of carbonyl (C=O) groups excluding carboxylic acids is 1. The summed E-state index contributed by atoms with van der Waals surface area (Å²) in [6.07, 6.45) is 10.1. The molecule has 0 aromatic heterocycles. The van der Waals surface area contributed by atoms with Crippen LogP contribution in [0.25, 0.3) is 0 Å². The second-order valence-electron chi connectivity index (χ2n) is 12.6. The SMILES string of the molecule is CC1CCC2(OC1)OC1CC3C4CCC5=CC(=O)C(O)CC5(C)C4CCC3(C)C1C2C. The van der Waals surface area contributed by atoms with Crippen LogP contribution in [0, 0.1) is 46.3 Å². The Morgan fingerprint density at radius 3 is 2.65 bits per heavy atom. The summed E-state index contributed by atoms with van der Waals surface area (Å²) < 4.78 is 13.3. The first-order valence-corrected chi connectivity index (χ1v) is 12.9. The molecule has 1 N–H and O–H groups in total. The van der Waals surface area contributed by atoms with Crippen LogP contribution in [-0.2, 0) is 14.3 Å². The zero-order valence-electron chi connectivity index (χ0n) is 19.7. The fourth-order valence-corrected chi connectivity index (χ4v) is 9.63. The van der Waals surface area contributed by atoms with Crippen LogP contribution in [0.3, 0.4) is 0 Å². The summed E-state index contributed by atoms with van der Waals surface area (Å²) in [7, 11) is 0. The van der Waals surface area contributed by atoms with E-state index in [4.69, 9.17) is 9.47 Å². The van der Waals surface area contributed by atoms with Crippen molar-refractivity contribution in [3.63, 3.8) is 0 Å². The summed E-state index contributed by atoms with van der Waals surface area (Å²) >= 11 is 0. The Balaban J connectivity index is 1.29. The molecule has 0 radical (unpaired) electrons. The van der Waals surface area contributed by atoms with Gasteiger partial charge in [0.05, 0.1) is 12.7 Å². The van der Waals surface area contributed by atoms with Gasteiger partial charge in [-0.2, -0.15) is 0 Å². The predicted molar refractivity (Wildman–Crippen MR) is 118 cm³/mol. The highest BCUT2D eigenvalue weighted by molar-refractivity contribution is 5.95. The number of aliphatic hydroxyl groups excluding tert-OH is 1. The van der Waals surface area contributed by atoms with Gasteiger partial charge in [0, 0.05) is 12.3 Å². The van der Waals surface area contributed by atoms with Gasteiger partial charge in [0.1, 0.15) is 6.10 Å². The molecule has 0 aromatic rings. The molecule has 1 spiro atoms. The summed E-state index contributed by atoms with van der Waals surface area (Å²) in [5.41, 5.74) is 1.63. The number of carbonyl (C=O) groups is 1. The van der Waals surface area contributed by atoms with Gasteiger partial charge in [-0.25, -0.2) is 0 Å².